The molecule has 2 fully saturated rings. The zero-order valence-corrected chi connectivity index (χ0v) is 20.6. The first-order valence-electron chi connectivity index (χ1n) is 11.8. The SMILES string of the molecule is Cc1ccc(CNC(=O)c2ccc3n(c2=O)CCN(CC2(S(=O)(=O)C4(C)CC4)CC2)C3=O)cc1F. The number of aryl methyl sites for hydroxylation is 1. The van der Waals surface area contributed by atoms with Gasteiger partial charge in [0, 0.05) is 26.2 Å². The minimum absolute atomic E-state index is 0.0550. The van der Waals surface area contributed by atoms with Crippen LogP contribution in [-0.2, 0) is 22.9 Å². The molecule has 2 heterocycles. The van der Waals surface area contributed by atoms with Crippen molar-refractivity contribution in [2.75, 3.05) is 13.1 Å². The van der Waals surface area contributed by atoms with Gasteiger partial charge in [-0.2, -0.15) is 0 Å². The summed E-state index contributed by atoms with van der Waals surface area (Å²) in [6.07, 6.45) is 2.41. The number of carbonyl (C=O) groups is 2. The summed E-state index contributed by atoms with van der Waals surface area (Å²) in [5, 5.41) is 2.62. The van der Waals surface area contributed by atoms with E-state index in [4.69, 9.17) is 0 Å². The summed E-state index contributed by atoms with van der Waals surface area (Å²) in [5.74, 6) is -1.39. The number of carbonyl (C=O) groups excluding carboxylic acids is 2. The summed E-state index contributed by atoms with van der Waals surface area (Å²) in [6, 6.07) is 7.40. The van der Waals surface area contributed by atoms with E-state index in [0.717, 1.165) is 0 Å². The van der Waals surface area contributed by atoms with Gasteiger partial charge in [0.2, 0.25) is 0 Å². The van der Waals surface area contributed by atoms with Crippen LogP contribution in [0.1, 0.15) is 64.6 Å². The highest BCUT2D eigenvalue weighted by molar-refractivity contribution is 7.94. The molecule has 0 radical (unpaired) electrons. The minimum Gasteiger partial charge on any atom is -0.348 e. The number of amides is 2. The van der Waals surface area contributed by atoms with Gasteiger partial charge in [0.15, 0.2) is 9.84 Å². The fraction of sp³-hybridized carbons (Fsp3) is 0.480. The monoisotopic (exact) mass is 501 g/mol. The van der Waals surface area contributed by atoms with Gasteiger partial charge in [-0.15, -0.1) is 0 Å². The van der Waals surface area contributed by atoms with Crippen molar-refractivity contribution in [3.8, 4) is 0 Å². The van der Waals surface area contributed by atoms with Gasteiger partial charge in [-0.1, -0.05) is 12.1 Å². The van der Waals surface area contributed by atoms with Gasteiger partial charge < -0.3 is 14.8 Å². The fourth-order valence-corrected chi connectivity index (χ4v) is 7.44. The molecule has 35 heavy (non-hydrogen) atoms. The van der Waals surface area contributed by atoms with E-state index in [9.17, 15) is 27.2 Å². The molecule has 2 aliphatic carbocycles. The normalized spacial score (nSPS) is 19.7. The zero-order chi connectivity index (χ0) is 25.2. The van der Waals surface area contributed by atoms with E-state index < -0.39 is 36.7 Å². The van der Waals surface area contributed by atoms with E-state index >= 15 is 0 Å². The molecule has 10 heteroatoms. The van der Waals surface area contributed by atoms with E-state index in [1.807, 2.05) is 0 Å². The van der Waals surface area contributed by atoms with Crippen molar-refractivity contribution in [1.29, 1.82) is 0 Å². The molecule has 1 aliphatic heterocycles. The fourth-order valence-electron chi connectivity index (χ4n) is 4.79. The van der Waals surface area contributed by atoms with Crippen molar-refractivity contribution in [3.63, 3.8) is 0 Å². The number of hydrogen-bond acceptors (Lipinski definition) is 5. The van der Waals surface area contributed by atoms with Crippen molar-refractivity contribution >= 4 is 21.7 Å². The highest BCUT2D eigenvalue weighted by Crippen LogP contribution is 2.56. The van der Waals surface area contributed by atoms with E-state index in [0.29, 0.717) is 36.8 Å². The largest absolute Gasteiger partial charge is 0.348 e. The van der Waals surface area contributed by atoms with Gasteiger partial charge in [-0.3, -0.25) is 14.4 Å². The first-order chi connectivity index (χ1) is 16.5. The second kappa shape index (κ2) is 8.01. The second-order valence-electron chi connectivity index (χ2n) is 10.2. The molecule has 1 aromatic carbocycles. The molecule has 2 saturated carbocycles. The van der Waals surface area contributed by atoms with E-state index in [2.05, 4.69) is 5.32 Å². The lowest BCUT2D eigenvalue weighted by molar-refractivity contribution is 0.0694. The van der Waals surface area contributed by atoms with Gasteiger partial charge in [0.1, 0.15) is 17.1 Å². The third-order valence-corrected chi connectivity index (χ3v) is 11.1. The Bertz CT molecular complexity index is 1410. The quantitative estimate of drug-likeness (QED) is 0.626. The average molecular weight is 502 g/mol. The number of rotatable bonds is 7. The van der Waals surface area contributed by atoms with Gasteiger partial charge in [-0.25, -0.2) is 12.8 Å². The van der Waals surface area contributed by atoms with Gasteiger partial charge in [-0.05, 0) is 68.9 Å². The molecule has 1 aromatic heterocycles. The molecule has 3 aliphatic rings. The number of sulfone groups is 1. The Morgan fingerprint density at radius 1 is 1.09 bits per heavy atom. The molecule has 8 nitrogen and oxygen atoms in total. The Morgan fingerprint density at radius 2 is 1.80 bits per heavy atom. The van der Waals surface area contributed by atoms with Crippen molar-refractivity contribution in [3.05, 3.63) is 68.9 Å². The number of fused-ring (bicyclic) bond motifs is 1. The predicted molar refractivity (Wildman–Crippen MR) is 127 cm³/mol. The molecule has 5 rings (SSSR count). The van der Waals surface area contributed by atoms with Crippen LogP contribution in [0.2, 0.25) is 0 Å². The maximum Gasteiger partial charge on any atom is 0.270 e. The van der Waals surface area contributed by atoms with Crippen molar-refractivity contribution < 1.29 is 22.4 Å². The van der Waals surface area contributed by atoms with Gasteiger partial charge >= 0.3 is 0 Å². The zero-order valence-electron chi connectivity index (χ0n) is 19.8. The number of halogens is 1. The molecule has 0 bridgehead atoms. The van der Waals surface area contributed by atoms with Crippen LogP contribution in [0.3, 0.4) is 0 Å². The van der Waals surface area contributed by atoms with Crippen LogP contribution in [-0.4, -0.2) is 52.3 Å². The Morgan fingerprint density at radius 3 is 2.43 bits per heavy atom. The molecule has 2 aromatic rings. The van der Waals surface area contributed by atoms with Crippen LogP contribution in [0.5, 0.6) is 0 Å². The molecule has 0 saturated heterocycles. The number of benzene rings is 1. The molecule has 0 spiro atoms. The molecule has 0 unspecified atom stereocenters. The minimum atomic E-state index is -3.35. The summed E-state index contributed by atoms with van der Waals surface area (Å²) < 4.78 is 39.7. The average Bonchev–Trinajstić information content (AvgIpc) is 3.75. The van der Waals surface area contributed by atoms with E-state index in [-0.39, 0.29) is 43.3 Å². The highest BCUT2D eigenvalue weighted by atomic mass is 32.2. The lowest BCUT2D eigenvalue weighted by Gasteiger charge is -2.33. The number of nitrogens with zero attached hydrogens (tertiary/aromatic N) is 2. The maximum atomic E-state index is 13.7. The molecule has 0 atom stereocenters. The van der Waals surface area contributed by atoms with Crippen molar-refractivity contribution in [2.24, 2.45) is 0 Å². The number of pyridine rings is 1. The standard InChI is InChI=1S/C25H28FN3O5S/c1-16-3-4-17(13-19(16)26)14-27-21(30)18-5-6-20-23(32)28(11-12-29(20)22(18)31)15-25(9-10-25)35(33,34)24(2)7-8-24/h3-6,13H,7-12,14-15H2,1-2H3,(H,27,30). The van der Waals surface area contributed by atoms with Crippen LogP contribution in [0.15, 0.2) is 35.1 Å². The predicted octanol–water partition coefficient (Wildman–Crippen LogP) is 2.18. The number of aromatic nitrogens is 1. The third kappa shape index (κ3) is 3.87. The Labute approximate surface area is 203 Å². The van der Waals surface area contributed by atoms with Crippen molar-refractivity contribution in [1.82, 2.24) is 14.8 Å². The lowest BCUT2D eigenvalue weighted by atomic mass is 10.1. The molecule has 186 valence electrons. The highest BCUT2D eigenvalue weighted by Gasteiger charge is 2.65. The van der Waals surface area contributed by atoms with Gasteiger partial charge in [0.05, 0.1) is 9.49 Å². The maximum absolute atomic E-state index is 13.7. The lowest BCUT2D eigenvalue weighted by Crippen LogP contribution is -2.51. The van der Waals surface area contributed by atoms with Crippen molar-refractivity contribution in [2.45, 2.75) is 62.1 Å². The summed E-state index contributed by atoms with van der Waals surface area (Å²) in [4.78, 5) is 40.3. The first-order valence-corrected chi connectivity index (χ1v) is 13.3. The molecular formula is C25H28FN3O5S. The summed E-state index contributed by atoms with van der Waals surface area (Å²) >= 11 is 0. The second-order valence-corrected chi connectivity index (χ2v) is 13.1. The Balaban J connectivity index is 1.31. The van der Waals surface area contributed by atoms with Crippen LogP contribution in [0, 0.1) is 12.7 Å². The Hall–Kier alpha value is -3.01. The molecule has 1 N–H and O–H groups in total. The summed E-state index contributed by atoms with van der Waals surface area (Å²) in [7, 11) is -3.35. The van der Waals surface area contributed by atoms with Crippen LogP contribution >= 0.6 is 0 Å². The Kier molecular flexibility index (Phi) is 5.43. The molecule has 2 amide bonds. The number of nitrogens with one attached hydrogen (secondary N) is 1. The molecular weight excluding hydrogens is 473 g/mol. The number of hydrogen-bond donors (Lipinski definition) is 1. The smallest absolute Gasteiger partial charge is 0.270 e. The summed E-state index contributed by atoms with van der Waals surface area (Å²) in [5.41, 5.74) is 0.519. The van der Waals surface area contributed by atoms with Gasteiger partial charge in [0.25, 0.3) is 17.4 Å². The topological polar surface area (TPSA) is 106 Å². The van der Waals surface area contributed by atoms with Crippen LogP contribution in [0.4, 0.5) is 4.39 Å². The third-order valence-electron chi connectivity index (χ3n) is 7.67. The van der Waals surface area contributed by atoms with E-state index in [1.54, 1.807) is 26.0 Å². The van der Waals surface area contributed by atoms with E-state index in [1.165, 1.54) is 27.7 Å². The van der Waals surface area contributed by atoms with Crippen LogP contribution < -0.4 is 10.9 Å². The summed E-state index contributed by atoms with van der Waals surface area (Å²) in [6.45, 7) is 3.99. The van der Waals surface area contributed by atoms with Crippen LogP contribution in [0.25, 0.3) is 0 Å². The first kappa shape index (κ1) is 23.7.